The first kappa shape index (κ1) is 21.2. The van der Waals surface area contributed by atoms with Crippen molar-refractivity contribution >= 4 is 43.2 Å². The van der Waals surface area contributed by atoms with Crippen LogP contribution >= 0.6 is 15.9 Å². The van der Waals surface area contributed by atoms with E-state index in [0.717, 1.165) is 5.56 Å². The van der Waals surface area contributed by atoms with Gasteiger partial charge in [-0.2, -0.15) is 0 Å². The van der Waals surface area contributed by atoms with Gasteiger partial charge in [0.1, 0.15) is 10.6 Å². The lowest BCUT2D eigenvalue weighted by atomic mass is 10.1. The fourth-order valence-corrected chi connectivity index (χ4v) is 4.08. The Balaban J connectivity index is 2.40. The van der Waals surface area contributed by atoms with Gasteiger partial charge in [0, 0.05) is 16.1 Å². The topological polar surface area (TPSA) is 84.5 Å². The van der Waals surface area contributed by atoms with Crippen molar-refractivity contribution in [3.8, 4) is 5.75 Å². The van der Waals surface area contributed by atoms with Crippen molar-refractivity contribution in [3.05, 3.63) is 46.4 Å². The molecule has 1 amide bonds. The molecule has 2 aromatic rings. The molecule has 0 aliphatic heterocycles. The molecule has 6 nitrogen and oxygen atoms in total. The summed E-state index contributed by atoms with van der Waals surface area (Å²) in [6.45, 7) is 5.60. The number of halogens is 1. The van der Waals surface area contributed by atoms with Gasteiger partial charge in [0.05, 0.1) is 12.8 Å². The van der Waals surface area contributed by atoms with Gasteiger partial charge in [-0.3, -0.25) is 9.52 Å². The number of hydrogen-bond donors (Lipinski definition) is 2. The Labute approximate surface area is 168 Å². The molecule has 0 heterocycles. The Morgan fingerprint density at radius 1 is 1.22 bits per heavy atom. The molecule has 0 radical (unpaired) electrons. The molecule has 0 unspecified atom stereocenters. The van der Waals surface area contributed by atoms with Crippen LogP contribution in [-0.4, -0.2) is 21.4 Å². The molecule has 0 saturated heterocycles. The third kappa shape index (κ3) is 5.23. The molecular formula is C19H23BrN2O4S. The van der Waals surface area contributed by atoms with E-state index in [0.29, 0.717) is 22.3 Å². The number of anilines is 2. The van der Waals surface area contributed by atoms with E-state index in [1.54, 1.807) is 18.2 Å². The largest absolute Gasteiger partial charge is 0.495 e. The summed E-state index contributed by atoms with van der Waals surface area (Å²) in [6, 6.07) is 9.89. The van der Waals surface area contributed by atoms with Gasteiger partial charge in [0.25, 0.3) is 10.0 Å². The van der Waals surface area contributed by atoms with E-state index in [-0.39, 0.29) is 22.5 Å². The predicted molar refractivity (Wildman–Crippen MR) is 111 cm³/mol. The number of ether oxygens (including phenoxy) is 1. The molecule has 2 N–H and O–H groups in total. The molecule has 0 spiro atoms. The van der Waals surface area contributed by atoms with E-state index in [1.807, 2.05) is 26.8 Å². The zero-order valence-corrected chi connectivity index (χ0v) is 18.1. The Morgan fingerprint density at radius 2 is 1.93 bits per heavy atom. The number of sulfonamides is 1. The molecule has 146 valence electrons. The highest BCUT2D eigenvalue weighted by Gasteiger charge is 2.22. The third-order valence-electron chi connectivity index (χ3n) is 4.15. The minimum atomic E-state index is -3.94. The molecule has 0 saturated carbocycles. The quantitative estimate of drug-likeness (QED) is 0.642. The summed E-state index contributed by atoms with van der Waals surface area (Å²) in [4.78, 5) is 12.1. The van der Waals surface area contributed by atoms with Gasteiger partial charge in [-0.05, 0) is 65.2 Å². The molecule has 0 aromatic heterocycles. The molecule has 8 heteroatoms. The maximum atomic E-state index is 12.9. The van der Waals surface area contributed by atoms with Crippen LogP contribution in [0.1, 0.15) is 25.8 Å². The average Bonchev–Trinajstić information content (AvgIpc) is 2.63. The molecule has 0 aliphatic rings. The number of methoxy groups -OCH3 is 1. The zero-order chi connectivity index (χ0) is 20.2. The summed E-state index contributed by atoms with van der Waals surface area (Å²) in [5.74, 6) is -0.151. The van der Waals surface area contributed by atoms with Crippen LogP contribution in [0.2, 0.25) is 0 Å². The average molecular weight is 455 g/mol. The highest BCUT2D eigenvalue weighted by atomic mass is 79.9. The lowest BCUT2D eigenvalue weighted by molar-refractivity contribution is -0.119. The molecule has 0 fully saturated rings. The van der Waals surface area contributed by atoms with E-state index in [2.05, 4.69) is 26.0 Å². The molecule has 0 aliphatic carbocycles. The van der Waals surface area contributed by atoms with Gasteiger partial charge in [-0.25, -0.2) is 8.42 Å². The van der Waals surface area contributed by atoms with Gasteiger partial charge < -0.3 is 10.1 Å². The van der Waals surface area contributed by atoms with Crippen LogP contribution in [0.25, 0.3) is 0 Å². The third-order valence-corrected chi connectivity index (χ3v) is 6.23. The van der Waals surface area contributed by atoms with Gasteiger partial charge >= 0.3 is 0 Å². The summed E-state index contributed by atoms with van der Waals surface area (Å²) in [5, 5.41) is 2.74. The second-order valence-corrected chi connectivity index (χ2v) is 8.76. The smallest absolute Gasteiger partial charge is 0.265 e. The van der Waals surface area contributed by atoms with E-state index >= 15 is 0 Å². The van der Waals surface area contributed by atoms with Gasteiger partial charge in [-0.1, -0.05) is 19.9 Å². The number of aryl methyl sites for hydroxylation is 1. The number of carbonyl (C=O) groups excluding carboxylic acids is 1. The maximum absolute atomic E-state index is 12.9. The number of benzene rings is 2. The molecule has 27 heavy (non-hydrogen) atoms. The maximum Gasteiger partial charge on any atom is 0.265 e. The van der Waals surface area contributed by atoms with Crippen LogP contribution in [0.15, 0.2) is 45.8 Å². The van der Waals surface area contributed by atoms with Crippen molar-refractivity contribution in [2.45, 2.75) is 32.1 Å². The van der Waals surface area contributed by atoms with Crippen LogP contribution < -0.4 is 14.8 Å². The Kier molecular flexibility index (Phi) is 6.89. The normalized spacial score (nSPS) is 12.3. The predicted octanol–water partition coefficient (Wildman–Crippen LogP) is 4.55. The minimum absolute atomic E-state index is 0.0552. The fraction of sp³-hybridized carbons (Fsp3) is 0.316. The highest BCUT2D eigenvalue weighted by molar-refractivity contribution is 9.10. The number of amides is 1. The number of rotatable bonds is 7. The second-order valence-electron chi connectivity index (χ2n) is 6.25. The monoisotopic (exact) mass is 454 g/mol. The zero-order valence-electron chi connectivity index (χ0n) is 15.7. The van der Waals surface area contributed by atoms with Crippen LogP contribution in [-0.2, 0) is 14.8 Å². The Morgan fingerprint density at radius 3 is 2.56 bits per heavy atom. The second kappa shape index (κ2) is 8.75. The van der Waals surface area contributed by atoms with Gasteiger partial charge in [0.15, 0.2) is 0 Å². The van der Waals surface area contributed by atoms with Gasteiger partial charge in [0.2, 0.25) is 5.91 Å². The first-order valence-corrected chi connectivity index (χ1v) is 10.7. The lowest BCUT2D eigenvalue weighted by Gasteiger charge is -2.15. The van der Waals surface area contributed by atoms with E-state index in [4.69, 9.17) is 4.74 Å². The molecule has 0 bridgehead atoms. The molecular weight excluding hydrogens is 432 g/mol. The van der Waals surface area contributed by atoms with Crippen molar-refractivity contribution < 1.29 is 17.9 Å². The summed E-state index contributed by atoms with van der Waals surface area (Å²) in [7, 11) is -2.54. The van der Waals surface area contributed by atoms with Gasteiger partial charge in [-0.15, -0.1) is 0 Å². The Bertz CT molecular complexity index is 945. The van der Waals surface area contributed by atoms with Crippen LogP contribution in [0, 0.1) is 12.8 Å². The van der Waals surface area contributed by atoms with Crippen LogP contribution in [0.3, 0.4) is 0 Å². The van der Waals surface area contributed by atoms with Crippen LogP contribution in [0.5, 0.6) is 5.75 Å². The van der Waals surface area contributed by atoms with Crippen molar-refractivity contribution in [2.24, 2.45) is 5.92 Å². The Hall–Kier alpha value is -2.06. The first-order chi connectivity index (χ1) is 12.7. The van der Waals surface area contributed by atoms with Crippen molar-refractivity contribution in [1.29, 1.82) is 0 Å². The van der Waals surface area contributed by atoms with E-state index < -0.39 is 10.0 Å². The number of hydrogen-bond acceptors (Lipinski definition) is 4. The van der Waals surface area contributed by atoms with Crippen molar-refractivity contribution in [1.82, 2.24) is 0 Å². The SMILES string of the molecule is CC[C@@H](C)C(=O)Nc1ccc(OC)c(S(=O)(=O)Nc2cc(C)ccc2Br)c1. The number of nitrogens with one attached hydrogen (secondary N) is 2. The molecule has 1 atom stereocenters. The molecule has 2 rings (SSSR count). The summed E-state index contributed by atoms with van der Waals surface area (Å²) in [6.07, 6.45) is 0.691. The molecule has 2 aromatic carbocycles. The van der Waals surface area contributed by atoms with Crippen molar-refractivity contribution in [2.75, 3.05) is 17.1 Å². The lowest BCUT2D eigenvalue weighted by Crippen LogP contribution is -2.20. The van der Waals surface area contributed by atoms with Crippen molar-refractivity contribution in [3.63, 3.8) is 0 Å². The summed E-state index contributed by atoms with van der Waals surface area (Å²) in [5.41, 5.74) is 1.73. The summed E-state index contributed by atoms with van der Waals surface area (Å²) < 4.78 is 34.3. The summed E-state index contributed by atoms with van der Waals surface area (Å²) >= 11 is 3.35. The van der Waals surface area contributed by atoms with E-state index in [1.165, 1.54) is 19.2 Å². The highest BCUT2D eigenvalue weighted by Crippen LogP contribution is 2.31. The minimum Gasteiger partial charge on any atom is -0.495 e. The van der Waals surface area contributed by atoms with Crippen LogP contribution in [0.4, 0.5) is 11.4 Å². The number of carbonyl (C=O) groups is 1. The first-order valence-electron chi connectivity index (χ1n) is 8.45. The standard InChI is InChI=1S/C19H23BrN2O4S/c1-5-13(3)19(23)21-14-7-9-17(26-4)18(11-14)27(24,25)22-16-10-12(2)6-8-15(16)20/h6-11,13,22H,5H2,1-4H3,(H,21,23)/t13-/m1/s1. The van der Waals surface area contributed by atoms with E-state index in [9.17, 15) is 13.2 Å². The fourth-order valence-electron chi connectivity index (χ4n) is 2.33.